The number of hydrogen-bond donors (Lipinski definition) is 5. The highest BCUT2D eigenvalue weighted by molar-refractivity contribution is 7.89. The molecule has 1 unspecified atom stereocenters. The molecular formula is C19H26BN9O8P+. The third-order valence-corrected chi connectivity index (χ3v) is 7.57. The SMILES string of the molecule is [B][P+](C)(OC[C@H]1O[C@@H](n2cnc3c(=O)[nH]c(N)nc32)C[C@H]1O)O[C@@H]1C[C@H](n2cnc(N)nc2=O)O[C@@H]1CO. The maximum Gasteiger partial charge on any atom is 0.443 e. The summed E-state index contributed by atoms with van der Waals surface area (Å²) in [5.41, 5.74) is 10.3. The van der Waals surface area contributed by atoms with Crippen LogP contribution in [0.3, 0.4) is 0 Å². The molecule has 202 valence electrons. The largest absolute Gasteiger partial charge is 0.443 e. The van der Waals surface area contributed by atoms with Gasteiger partial charge in [-0.3, -0.25) is 18.9 Å². The van der Waals surface area contributed by atoms with E-state index in [1.165, 1.54) is 17.2 Å². The van der Waals surface area contributed by atoms with Crippen molar-refractivity contribution in [2.24, 2.45) is 0 Å². The van der Waals surface area contributed by atoms with Crippen molar-refractivity contribution in [3.63, 3.8) is 0 Å². The lowest BCUT2D eigenvalue weighted by atomic mass is 10.2. The fraction of sp³-hybridized carbons (Fsp3) is 0.579. The Bertz CT molecular complexity index is 1430. The van der Waals surface area contributed by atoms with Crippen molar-refractivity contribution >= 4 is 38.2 Å². The molecule has 0 aromatic carbocycles. The van der Waals surface area contributed by atoms with Crippen molar-refractivity contribution in [1.29, 1.82) is 0 Å². The van der Waals surface area contributed by atoms with Crippen LogP contribution in [0.2, 0.25) is 0 Å². The molecule has 2 saturated heterocycles. The van der Waals surface area contributed by atoms with E-state index in [0.717, 1.165) is 4.57 Å². The highest BCUT2D eigenvalue weighted by Crippen LogP contribution is 2.56. The summed E-state index contributed by atoms with van der Waals surface area (Å²) < 4.78 is 26.2. The van der Waals surface area contributed by atoms with Crippen LogP contribution < -0.4 is 22.7 Å². The van der Waals surface area contributed by atoms with E-state index in [1.54, 1.807) is 6.66 Å². The normalized spacial score (nSPS) is 29.1. The van der Waals surface area contributed by atoms with E-state index in [4.69, 9.17) is 37.6 Å². The molecule has 5 rings (SSSR count). The van der Waals surface area contributed by atoms with Crippen molar-refractivity contribution in [2.75, 3.05) is 31.3 Å². The molecule has 0 spiro atoms. The highest BCUT2D eigenvalue weighted by atomic mass is 31.2. The summed E-state index contributed by atoms with van der Waals surface area (Å²) in [6, 6.07) is 0. The molecule has 3 aromatic heterocycles. The summed E-state index contributed by atoms with van der Waals surface area (Å²) in [6.45, 7) is 1.07. The standard InChI is InChI=1S/C19H26BN9O8P/c1-38(20,37-9-3-13(35-10(9)4-30)29-7-24-17(21)27-19(29)33)34-5-11-8(31)2-12(36-11)28-6-23-14-15(28)25-18(22)26-16(14)32/h6-13,30-31H,2-5H2,1H3,(H2,21,27,33)(H3,22,25,26,32)/q+1/t8-,9-,10-,11-,12-,13-,38?/m1/s1. The number of nitrogens with two attached hydrogens (primary N) is 2. The van der Waals surface area contributed by atoms with Gasteiger partial charge in [0.1, 0.15) is 43.7 Å². The molecule has 0 bridgehead atoms. The van der Waals surface area contributed by atoms with E-state index in [0.29, 0.717) is 0 Å². The number of nitrogen functional groups attached to an aromatic ring is 2. The fourth-order valence-corrected chi connectivity index (χ4v) is 5.67. The minimum absolute atomic E-state index is 0.0726. The lowest BCUT2D eigenvalue weighted by molar-refractivity contribution is -0.0487. The van der Waals surface area contributed by atoms with Crippen molar-refractivity contribution in [1.82, 2.24) is 34.1 Å². The van der Waals surface area contributed by atoms with Gasteiger partial charge in [-0.25, -0.2) is 23.8 Å². The lowest BCUT2D eigenvalue weighted by Crippen LogP contribution is -2.30. The van der Waals surface area contributed by atoms with Crippen molar-refractivity contribution in [3.05, 3.63) is 33.5 Å². The van der Waals surface area contributed by atoms with E-state index >= 15 is 0 Å². The number of aliphatic hydroxyl groups is 2. The Hall–Kier alpha value is -2.99. The Balaban J connectivity index is 1.21. The molecule has 38 heavy (non-hydrogen) atoms. The molecule has 0 amide bonds. The van der Waals surface area contributed by atoms with Crippen molar-refractivity contribution in [2.45, 2.75) is 49.7 Å². The number of hydrogen-bond acceptors (Lipinski definition) is 14. The number of ether oxygens (including phenoxy) is 2. The molecule has 0 aliphatic carbocycles. The molecule has 17 nitrogen and oxygen atoms in total. The van der Waals surface area contributed by atoms with Gasteiger partial charge in [-0.05, 0) is 0 Å². The minimum atomic E-state index is -3.01. The fourth-order valence-electron chi connectivity index (χ4n) is 4.41. The van der Waals surface area contributed by atoms with Crippen LogP contribution in [-0.2, 0) is 18.5 Å². The van der Waals surface area contributed by atoms with Gasteiger partial charge in [0, 0.05) is 12.8 Å². The number of H-pyrrole nitrogens is 1. The second kappa shape index (κ2) is 10.3. The van der Waals surface area contributed by atoms with Gasteiger partial charge < -0.3 is 31.2 Å². The Morgan fingerprint density at radius 2 is 1.87 bits per heavy atom. The van der Waals surface area contributed by atoms with Crippen LogP contribution in [0.1, 0.15) is 25.3 Å². The van der Waals surface area contributed by atoms with E-state index in [9.17, 15) is 19.8 Å². The zero-order valence-electron chi connectivity index (χ0n) is 20.2. The Morgan fingerprint density at radius 1 is 1.16 bits per heavy atom. The average molecular weight is 550 g/mol. The zero-order valence-corrected chi connectivity index (χ0v) is 21.0. The van der Waals surface area contributed by atoms with Crippen LogP contribution in [0.5, 0.6) is 0 Å². The molecule has 3 aromatic rings. The second-order valence-corrected chi connectivity index (χ2v) is 11.3. The summed E-state index contributed by atoms with van der Waals surface area (Å²) in [5.74, 6) is -0.241. The smallest absolute Gasteiger partial charge is 0.394 e. The first kappa shape index (κ1) is 26.6. The van der Waals surface area contributed by atoms with Gasteiger partial charge in [-0.15, -0.1) is 0 Å². The number of nitrogens with zero attached hydrogens (tertiary/aromatic N) is 6. The Kier molecular flexibility index (Phi) is 7.21. The number of aromatic nitrogens is 7. The summed E-state index contributed by atoms with van der Waals surface area (Å²) in [5, 5.41) is 20.3. The summed E-state index contributed by atoms with van der Waals surface area (Å²) in [4.78, 5) is 42.1. The first-order chi connectivity index (χ1) is 18.0. The third kappa shape index (κ3) is 5.29. The second-order valence-electron chi connectivity index (χ2n) is 9.01. The van der Waals surface area contributed by atoms with Gasteiger partial charge in [0.05, 0.1) is 25.7 Å². The third-order valence-electron chi connectivity index (χ3n) is 6.22. The minimum Gasteiger partial charge on any atom is -0.394 e. The van der Waals surface area contributed by atoms with Crippen LogP contribution in [0.4, 0.5) is 11.9 Å². The number of nitrogens with one attached hydrogen (secondary N) is 1. The van der Waals surface area contributed by atoms with Gasteiger partial charge in [0.25, 0.3) is 5.56 Å². The number of rotatable bonds is 8. The Labute approximate surface area is 216 Å². The van der Waals surface area contributed by atoms with Gasteiger partial charge in [-0.1, -0.05) is 0 Å². The molecule has 2 aliphatic rings. The number of imidazole rings is 1. The van der Waals surface area contributed by atoms with E-state index in [-0.39, 0.29) is 42.5 Å². The molecule has 2 radical (unpaired) electrons. The first-order valence-electron chi connectivity index (χ1n) is 11.6. The molecule has 7 N–H and O–H groups in total. The Morgan fingerprint density at radius 3 is 2.61 bits per heavy atom. The number of anilines is 2. The summed E-state index contributed by atoms with van der Waals surface area (Å²) >= 11 is 0. The average Bonchev–Trinajstić information content (AvgIpc) is 3.54. The summed E-state index contributed by atoms with van der Waals surface area (Å²) in [7, 11) is 3.31. The van der Waals surface area contributed by atoms with Crippen molar-refractivity contribution < 1.29 is 28.7 Å². The molecule has 7 atom stereocenters. The predicted octanol–water partition coefficient (Wildman–Crippen LogP) is -2.17. The van der Waals surface area contributed by atoms with Crippen LogP contribution in [0, 0.1) is 0 Å². The van der Waals surface area contributed by atoms with E-state index in [1.807, 2.05) is 0 Å². The monoisotopic (exact) mass is 550 g/mol. The topological polar surface area (TPSA) is 241 Å². The van der Waals surface area contributed by atoms with Crippen molar-refractivity contribution in [3.8, 4) is 0 Å². The van der Waals surface area contributed by atoms with E-state index in [2.05, 4.69) is 24.9 Å². The van der Waals surface area contributed by atoms with Crippen LogP contribution in [0.25, 0.3) is 11.2 Å². The molecule has 2 aliphatic heterocycles. The molecule has 5 heterocycles. The van der Waals surface area contributed by atoms with E-state index < -0.39 is 62.3 Å². The molecular weight excluding hydrogens is 524 g/mol. The molecule has 19 heteroatoms. The van der Waals surface area contributed by atoms with Crippen LogP contribution in [-0.4, -0.2) is 96.1 Å². The summed E-state index contributed by atoms with van der Waals surface area (Å²) in [6.07, 6.45) is -1.71. The maximum absolute atomic E-state index is 12.1. The molecule has 0 saturated carbocycles. The maximum atomic E-state index is 12.1. The zero-order chi connectivity index (χ0) is 27.2. The predicted molar refractivity (Wildman–Crippen MR) is 133 cm³/mol. The first-order valence-corrected chi connectivity index (χ1v) is 13.7. The number of aliphatic hydroxyl groups excluding tert-OH is 2. The van der Waals surface area contributed by atoms with Gasteiger partial charge >= 0.3 is 13.3 Å². The molecule has 2 fully saturated rings. The van der Waals surface area contributed by atoms with Gasteiger partial charge in [0.15, 0.2) is 11.2 Å². The van der Waals surface area contributed by atoms with Crippen LogP contribution >= 0.6 is 7.59 Å². The number of aromatic amines is 1. The quantitative estimate of drug-likeness (QED) is 0.148. The van der Waals surface area contributed by atoms with Gasteiger partial charge in [0.2, 0.25) is 19.5 Å². The highest BCUT2D eigenvalue weighted by Gasteiger charge is 2.46. The number of fused-ring (bicyclic) bond motifs is 1. The van der Waals surface area contributed by atoms with Gasteiger partial charge in [-0.2, -0.15) is 9.97 Å². The van der Waals surface area contributed by atoms with Crippen LogP contribution in [0.15, 0.2) is 22.2 Å². The lowest BCUT2D eigenvalue weighted by Gasteiger charge is -2.24.